The van der Waals surface area contributed by atoms with Crippen molar-refractivity contribution in [3.8, 4) is 11.3 Å². The number of aliphatic hydroxyl groups is 1. The molecule has 2 amide bonds. The fourth-order valence-electron chi connectivity index (χ4n) is 6.22. The van der Waals surface area contributed by atoms with Crippen molar-refractivity contribution in [1.29, 1.82) is 0 Å². The molecule has 0 saturated heterocycles. The Morgan fingerprint density at radius 1 is 1.07 bits per heavy atom. The van der Waals surface area contributed by atoms with Crippen molar-refractivity contribution in [2.24, 2.45) is 0 Å². The normalized spacial score (nSPS) is 20.9. The zero-order valence-corrected chi connectivity index (χ0v) is 24.9. The number of hydrogen-bond donors (Lipinski definition) is 4. The van der Waals surface area contributed by atoms with Crippen molar-refractivity contribution in [2.45, 2.75) is 75.7 Å². The van der Waals surface area contributed by atoms with Crippen LogP contribution in [0.3, 0.4) is 0 Å². The molecule has 0 spiro atoms. The van der Waals surface area contributed by atoms with Crippen LogP contribution in [0.25, 0.3) is 28.2 Å². The number of amides is 2. The van der Waals surface area contributed by atoms with Gasteiger partial charge in [-0.15, -0.1) is 0 Å². The van der Waals surface area contributed by atoms with E-state index in [2.05, 4.69) is 20.6 Å². The van der Waals surface area contributed by atoms with E-state index in [-0.39, 0.29) is 35.2 Å². The van der Waals surface area contributed by atoms with Crippen LogP contribution in [0.2, 0.25) is 0 Å². The van der Waals surface area contributed by atoms with Crippen molar-refractivity contribution in [2.75, 3.05) is 11.1 Å². The average molecular weight is 634 g/mol. The van der Waals surface area contributed by atoms with E-state index in [9.17, 15) is 27.9 Å². The number of hydrogen-bond acceptors (Lipinski definition) is 7. The lowest BCUT2D eigenvalue weighted by Gasteiger charge is -2.30. The topological polar surface area (TPSA) is 148 Å². The van der Waals surface area contributed by atoms with Gasteiger partial charge in [-0.2, -0.15) is 18.3 Å². The summed E-state index contributed by atoms with van der Waals surface area (Å²) in [4.78, 5) is 33.8. The van der Waals surface area contributed by atoms with Crippen molar-refractivity contribution in [3.05, 3.63) is 71.6 Å². The summed E-state index contributed by atoms with van der Waals surface area (Å²) in [5.41, 5.74) is 8.47. The van der Waals surface area contributed by atoms with Gasteiger partial charge < -0.3 is 21.5 Å². The molecule has 4 heterocycles. The number of nitrogens with two attached hydrogens (primary N) is 1. The molecule has 6 rings (SSSR count). The molecule has 2 bridgehead atoms. The molecule has 1 fully saturated rings. The van der Waals surface area contributed by atoms with Gasteiger partial charge >= 0.3 is 6.18 Å². The fourth-order valence-corrected chi connectivity index (χ4v) is 6.22. The van der Waals surface area contributed by atoms with Gasteiger partial charge in [-0.05, 0) is 62.8 Å². The van der Waals surface area contributed by atoms with Crippen LogP contribution < -0.4 is 16.4 Å². The molecule has 0 unspecified atom stereocenters. The smallest absolute Gasteiger partial charge is 0.389 e. The minimum absolute atomic E-state index is 0.00644. The molecule has 3 atom stereocenters. The van der Waals surface area contributed by atoms with E-state index >= 15 is 0 Å². The summed E-state index contributed by atoms with van der Waals surface area (Å²) in [6.07, 6.45) is 6.63. The standard InChI is InChI=1S/C33H34F3N7O3/c34-33(35,36)22-14-15-38-26(16-22)41-32(46)20-10-8-19(9-11-20)29-28-30-21(18-39-31(28)37)12-13-25(44)6-1-2-7-27(45)40-23-4-3-5-24(17-23)43(30)42-29/h8-16,18,23-25,44H,1-7,17H2,(H2,37,39)(H,40,45)(H,38,41,46)/t23-,24-,25+/m1/s1. The van der Waals surface area contributed by atoms with Gasteiger partial charge in [-0.25, -0.2) is 9.97 Å². The number of alkyl halides is 3. The largest absolute Gasteiger partial charge is 0.416 e. The van der Waals surface area contributed by atoms with Gasteiger partial charge in [0.1, 0.15) is 17.3 Å². The predicted molar refractivity (Wildman–Crippen MR) is 168 cm³/mol. The summed E-state index contributed by atoms with van der Waals surface area (Å²) in [5, 5.41) is 21.9. The highest BCUT2D eigenvalue weighted by molar-refractivity contribution is 6.06. The first-order valence-corrected chi connectivity index (χ1v) is 15.3. The molecular weight excluding hydrogens is 599 g/mol. The molecule has 2 aliphatic rings. The summed E-state index contributed by atoms with van der Waals surface area (Å²) in [7, 11) is 0. The van der Waals surface area contributed by atoms with Gasteiger partial charge in [-0.1, -0.05) is 30.7 Å². The Bertz CT molecular complexity index is 1790. The maximum absolute atomic E-state index is 13.1. The van der Waals surface area contributed by atoms with E-state index in [0.29, 0.717) is 48.7 Å². The second kappa shape index (κ2) is 12.9. The Kier molecular flexibility index (Phi) is 8.76. The van der Waals surface area contributed by atoms with E-state index in [1.54, 1.807) is 36.5 Å². The number of anilines is 2. The molecule has 13 heteroatoms. The van der Waals surface area contributed by atoms with Gasteiger partial charge in [0.15, 0.2) is 0 Å². The van der Waals surface area contributed by atoms with E-state index in [1.807, 2.05) is 10.8 Å². The van der Waals surface area contributed by atoms with Crippen LogP contribution >= 0.6 is 0 Å². The Morgan fingerprint density at radius 3 is 2.65 bits per heavy atom. The van der Waals surface area contributed by atoms with Crippen LogP contribution in [0.5, 0.6) is 0 Å². The molecule has 3 aromatic heterocycles. The fraction of sp³-hybridized carbons (Fsp3) is 0.364. The van der Waals surface area contributed by atoms with Crippen molar-refractivity contribution in [3.63, 3.8) is 0 Å². The maximum Gasteiger partial charge on any atom is 0.416 e. The summed E-state index contributed by atoms with van der Waals surface area (Å²) in [6, 6.07) is 8.08. The number of pyridine rings is 2. The van der Waals surface area contributed by atoms with E-state index in [4.69, 9.17) is 10.8 Å². The summed E-state index contributed by atoms with van der Waals surface area (Å²) < 4.78 is 41.3. The Hall–Kier alpha value is -4.78. The molecule has 240 valence electrons. The van der Waals surface area contributed by atoms with Crippen LogP contribution in [-0.4, -0.2) is 48.8 Å². The van der Waals surface area contributed by atoms with Crippen LogP contribution in [0.1, 0.15) is 78.9 Å². The summed E-state index contributed by atoms with van der Waals surface area (Å²) >= 11 is 0. The highest BCUT2D eigenvalue weighted by Crippen LogP contribution is 2.39. The molecule has 5 N–H and O–H groups in total. The Labute approximate surface area is 262 Å². The third kappa shape index (κ3) is 6.74. The number of rotatable bonds is 3. The van der Waals surface area contributed by atoms with Gasteiger partial charge in [0, 0.05) is 41.5 Å². The Balaban J connectivity index is 1.37. The molecule has 1 aliphatic carbocycles. The number of nitrogens with one attached hydrogen (secondary N) is 2. The average Bonchev–Trinajstić information content (AvgIpc) is 3.44. The first kappa shape index (κ1) is 31.2. The second-order valence-corrected chi connectivity index (χ2v) is 11.8. The number of aromatic nitrogens is 4. The quantitative estimate of drug-likeness (QED) is 0.220. The number of aliphatic hydroxyl groups excluding tert-OH is 1. The van der Waals surface area contributed by atoms with Crippen LogP contribution in [0, 0.1) is 0 Å². The zero-order valence-electron chi connectivity index (χ0n) is 24.9. The van der Waals surface area contributed by atoms with Gasteiger partial charge in [0.25, 0.3) is 5.91 Å². The molecule has 10 nitrogen and oxygen atoms in total. The molecule has 1 aromatic carbocycles. The number of benzene rings is 1. The van der Waals surface area contributed by atoms with E-state index in [1.165, 1.54) is 0 Å². The van der Waals surface area contributed by atoms with E-state index < -0.39 is 23.8 Å². The lowest BCUT2D eigenvalue weighted by molar-refractivity contribution is -0.137. The number of carbonyl (C=O) groups excluding carboxylic acids is 2. The highest BCUT2D eigenvalue weighted by Gasteiger charge is 2.31. The highest BCUT2D eigenvalue weighted by atomic mass is 19.4. The van der Waals surface area contributed by atoms with Gasteiger partial charge in [-0.3, -0.25) is 14.3 Å². The van der Waals surface area contributed by atoms with E-state index in [0.717, 1.165) is 48.7 Å². The van der Waals surface area contributed by atoms with Crippen molar-refractivity contribution >= 4 is 40.4 Å². The molecular formula is C33H34F3N7O3. The monoisotopic (exact) mass is 633 g/mol. The third-order valence-corrected chi connectivity index (χ3v) is 8.54. The molecule has 4 aromatic rings. The second-order valence-electron chi connectivity index (χ2n) is 11.8. The van der Waals surface area contributed by atoms with Crippen LogP contribution in [0.15, 0.2) is 54.9 Å². The lowest BCUT2D eigenvalue weighted by Crippen LogP contribution is -2.39. The van der Waals surface area contributed by atoms with Crippen LogP contribution in [0.4, 0.5) is 24.8 Å². The van der Waals surface area contributed by atoms with Gasteiger partial charge in [0.05, 0.1) is 28.6 Å². The minimum Gasteiger partial charge on any atom is -0.389 e. The maximum atomic E-state index is 13.1. The van der Waals surface area contributed by atoms with Crippen molar-refractivity contribution in [1.82, 2.24) is 25.1 Å². The number of halogens is 3. The van der Waals surface area contributed by atoms with Crippen LogP contribution in [-0.2, 0) is 11.0 Å². The summed E-state index contributed by atoms with van der Waals surface area (Å²) in [5.74, 6) is -0.556. The number of nitrogen functional groups attached to an aromatic ring is 1. The Morgan fingerprint density at radius 2 is 1.87 bits per heavy atom. The lowest BCUT2D eigenvalue weighted by atomic mass is 9.90. The third-order valence-electron chi connectivity index (χ3n) is 8.54. The number of nitrogens with zero attached hydrogens (tertiary/aromatic N) is 4. The molecule has 1 aliphatic heterocycles. The number of carbonyl (C=O) groups is 2. The SMILES string of the molecule is Nc1ncc2c3c1c(-c1ccc(C(=O)Nc4cc(C(F)(F)F)ccn4)cc1)nn3[C@@H]1CCC[C@H](C1)NC(=O)CCCC[C@H](O)C=C2. The summed E-state index contributed by atoms with van der Waals surface area (Å²) in [6.45, 7) is 0. The molecule has 0 radical (unpaired) electrons. The predicted octanol–water partition coefficient (Wildman–Crippen LogP) is 5.89. The van der Waals surface area contributed by atoms with Crippen molar-refractivity contribution < 1.29 is 27.9 Å². The number of fused-ring (bicyclic) bond motifs is 3. The van der Waals surface area contributed by atoms with Gasteiger partial charge in [0.2, 0.25) is 5.91 Å². The first-order valence-electron chi connectivity index (χ1n) is 15.3. The molecule has 1 saturated carbocycles. The first-order chi connectivity index (χ1) is 22.1. The minimum atomic E-state index is -4.57. The molecule has 46 heavy (non-hydrogen) atoms. The zero-order chi connectivity index (χ0) is 32.4.